The summed E-state index contributed by atoms with van der Waals surface area (Å²) in [7, 11) is 5.04. The molecule has 222 valence electrons. The van der Waals surface area contributed by atoms with E-state index in [1.165, 1.54) is 30.4 Å². The van der Waals surface area contributed by atoms with Crippen LogP contribution in [0.25, 0.3) is 0 Å². The molecule has 4 atom stereocenters. The van der Waals surface area contributed by atoms with Crippen molar-refractivity contribution in [3.8, 4) is 17.2 Å². The number of hydrogen-bond donors (Lipinski definition) is 2. The van der Waals surface area contributed by atoms with Crippen LogP contribution in [-0.2, 0) is 22.3 Å². The van der Waals surface area contributed by atoms with Crippen LogP contribution in [0, 0.1) is 0 Å². The van der Waals surface area contributed by atoms with Gasteiger partial charge in [0.1, 0.15) is 18.5 Å². The Hall–Kier alpha value is -2.36. The molecule has 2 fully saturated rings. The average Bonchev–Trinajstić information content (AvgIpc) is 3.47. The summed E-state index contributed by atoms with van der Waals surface area (Å²) < 4.78 is 28.2. The summed E-state index contributed by atoms with van der Waals surface area (Å²) in [5.74, 6) is 2.29. The summed E-state index contributed by atoms with van der Waals surface area (Å²) in [5.41, 5.74) is 2.41. The van der Waals surface area contributed by atoms with Crippen LogP contribution in [-0.4, -0.2) is 95.1 Å². The van der Waals surface area contributed by atoms with Crippen LogP contribution in [0.1, 0.15) is 43.2 Å². The van der Waals surface area contributed by atoms with Crippen LogP contribution < -0.4 is 19.5 Å². The summed E-state index contributed by atoms with van der Waals surface area (Å²) in [6.07, 6.45) is 7.35. The number of aliphatic hydroxyl groups excluding tert-OH is 1. The lowest BCUT2D eigenvalue weighted by Crippen LogP contribution is -2.47. The van der Waals surface area contributed by atoms with Crippen LogP contribution in [0.5, 0.6) is 17.2 Å². The molecule has 1 heterocycles. The Bertz CT molecular complexity index is 1000. The topological polar surface area (TPSA) is 81.7 Å². The van der Waals surface area contributed by atoms with Crippen LogP contribution in [0.3, 0.4) is 0 Å². The molecule has 2 unspecified atom stereocenters. The van der Waals surface area contributed by atoms with E-state index in [4.69, 9.17) is 23.7 Å². The van der Waals surface area contributed by atoms with E-state index >= 15 is 0 Å². The molecule has 8 nitrogen and oxygen atoms in total. The number of likely N-dealkylation sites (tertiary alicyclic amines) is 1. The second kappa shape index (κ2) is 16.2. The maximum absolute atomic E-state index is 10.5. The number of aliphatic hydroxyl groups is 1. The highest BCUT2D eigenvalue weighted by Gasteiger charge is 2.35. The fraction of sp³-hybridized carbons (Fsp3) is 0.625. The van der Waals surface area contributed by atoms with Crippen molar-refractivity contribution in [2.24, 2.45) is 0 Å². The van der Waals surface area contributed by atoms with E-state index in [-0.39, 0.29) is 12.7 Å². The Morgan fingerprint density at radius 3 is 2.42 bits per heavy atom. The quantitative estimate of drug-likeness (QED) is 0.323. The SMILES string of the molecule is COCCc1ccc(OCC(O)CN[C@@H]2CCN(C3CCCC[C@@H]3OCCc3ccc(OC)c(OC)c3)C2)cc1. The maximum Gasteiger partial charge on any atom is 0.160 e. The number of benzene rings is 2. The van der Waals surface area contributed by atoms with Gasteiger partial charge in [0.25, 0.3) is 0 Å². The van der Waals surface area contributed by atoms with Crippen molar-refractivity contribution >= 4 is 0 Å². The van der Waals surface area contributed by atoms with Gasteiger partial charge in [-0.1, -0.05) is 31.0 Å². The molecule has 1 saturated heterocycles. The largest absolute Gasteiger partial charge is 0.493 e. The molecule has 2 aliphatic rings. The van der Waals surface area contributed by atoms with E-state index in [1.807, 2.05) is 36.4 Å². The van der Waals surface area contributed by atoms with E-state index < -0.39 is 6.10 Å². The molecule has 1 aliphatic carbocycles. The van der Waals surface area contributed by atoms with Crippen LogP contribution in [0.15, 0.2) is 42.5 Å². The van der Waals surface area contributed by atoms with E-state index in [0.717, 1.165) is 56.0 Å². The van der Waals surface area contributed by atoms with Gasteiger partial charge in [-0.15, -0.1) is 0 Å². The molecule has 8 heteroatoms. The van der Waals surface area contributed by atoms with Crippen LogP contribution in [0.4, 0.5) is 0 Å². The van der Waals surface area contributed by atoms with E-state index in [0.29, 0.717) is 31.8 Å². The summed E-state index contributed by atoms with van der Waals surface area (Å²) in [5, 5.41) is 14.1. The molecule has 4 rings (SSSR count). The Balaban J connectivity index is 1.16. The highest BCUT2D eigenvalue weighted by atomic mass is 16.5. The molecule has 2 N–H and O–H groups in total. The predicted octanol–water partition coefficient (Wildman–Crippen LogP) is 3.87. The van der Waals surface area contributed by atoms with Crippen molar-refractivity contribution in [2.45, 2.75) is 69.2 Å². The lowest BCUT2D eigenvalue weighted by atomic mass is 9.91. The van der Waals surface area contributed by atoms with Crippen molar-refractivity contribution in [1.82, 2.24) is 10.2 Å². The molecule has 0 radical (unpaired) electrons. The van der Waals surface area contributed by atoms with Crippen molar-refractivity contribution < 1.29 is 28.8 Å². The van der Waals surface area contributed by atoms with Gasteiger partial charge in [-0.25, -0.2) is 0 Å². The maximum atomic E-state index is 10.5. The third-order valence-corrected chi connectivity index (χ3v) is 8.13. The van der Waals surface area contributed by atoms with Gasteiger partial charge in [0.15, 0.2) is 11.5 Å². The smallest absolute Gasteiger partial charge is 0.160 e. The number of methoxy groups -OCH3 is 3. The zero-order valence-electron chi connectivity index (χ0n) is 24.5. The van der Waals surface area contributed by atoms with E-state index in [1.54, 1.807) is 21.3 Å². The minimum absolute atomic E-state index is 0.271. The zero-order chi connectivity index (χ0) is 28.2. The molecule has 2 aromatic rings. The summed E-state index contributed by atoms with van der Waals surface area (Å²) in [4.78, 5) is 2.60. The van der Waals surface area contributed by atoms with Crippen molar-refractivity contribution in [3.63, 3.8) is 0 Å². The molecular formula is C32H48N2O6. The molecular weight excluding hydrogens is 508 g/mol. The van der Waals surface area contributed by atoms with Gasteiger partial charge in [0, 0.05) is 38.8 Å². The molecule has 1 aliphatic heterocycles. The first-order valence-electron chi connectivity index (χ1n) is 14.8. The molecule has 40 heavy (non-hydrogen) atoms. The van der Waals surface area contributed by atoms with Gasteiger partial charge in [0.05, 0.1) is 33.5 Å². The second-order valence-electron chi connectivity index (χ2n) is 10.9. The number of nitrogens with zero attached hydrogens (tertiary/aromatic N) is 1. The zero-order valence-corrected chi connectivity index (χ0v) is 24.5. The van der Waals surface area contributed by atoms with Gasteiger partial charge >= 0.3 is 0 Å². The first-order valence-corrected chi connectivity index (χ1v) is 14.8. The second-order valence-corrected chi connectivity index (χ2v) is 10.9. The lowest BCUT2D eigenvalue weighted by Gasteiger charge is -2.38. The Morgan fingerprint density at radius 1 is 0.900 bits per heavy atom. The Morgan fingerprint density at radius 2 is 1.65 bits per heavy atom. The summed E-state index contributed by atoms with van der Waals surface area (Å²) in [6, 6.07) is 14.9. The normalized spacial score (nSPS) is 22.2. The monoisotopic (exact) mass is 556 g/mol. The van der Waals surface area contributed by atoms with Gasteiger partial charge in [-0.2, -0.15) is 0 Å². The van der Waals surface area contributed by atoms with Crippen molar-refractivity contribution in [3.05, 3.63) is 53.6 Å². The fourth-order valence-corrected chi connectivity index (χ4v) is 5.84. The minimum atomic E-state index is -0.551. The number of nitrogens with one attached hydrogen (secondary N) is 1. The number of hydrogen-bond acceptors (Lipinski definition) is 8. The Kier molecular flexibility index (Phi) is 12.4. The first-order chi connectivity index (χ1) is 19.6. The number of ether oxygens (including phenoxy) is 5. The van der Waals surface area contributed by atoms with Gasteiger partial charge in [-0.05, 0) is 67.5 Å². The molecule has 0 spiro atoms. The van der Waals surface area contributed by atoms with Crippen LogP contribution >= 0.6 is 0 Å². The van der Waals surface area contributed by atoms with Gasteiger partial charge in [0.2, 0.25) is 0 Å². The van der Waals surface area contributed by atoms with Crippen LogP contribution in [0.2, 0.25) is 0 Å². The highest BCUT2D eigenvalue weighted by Crippen LogP contribution is 2.30. The highest BCUT2D eigenvalue weighted by molar-refractivity contribution is 5.42. The molecule has 0 aromatic heterocycles. The summed E-state index contributed by atoms with van der Waals surface area (Å²) in [6.45, 7) is 4.28. The standard InChI is InChI=1S/C32H48N2O6/c1-36-18-15-24-8-11-28(12-9-24)40-23-27(35)21-33-26-14-17-34(22-26)29-6-4-5-7-30(29)39-19-16-25-10-13-31(37-2)32(20-25)38-3/h8-13,20,26-27,29-30,33,35H,4-7,14-19,21-23H2,1-3H3/t26-,27?,29?,30+/m1/s1. The minimum Gasteiger partial charge on any atom is -0.493 e. The van der Waals surface area contributed by atoms with E-state index in [9.17, 15) is 5.11 Å². The molecule has 2 aromatic carbocycles. The van der Waals surface area contributed by atoms with Crippen molar-refractivity contribution in [2.75, 3.05) is 60.8 Å². The first kappa shape index (κ1) is 30.6. The van der Waals surface area contributed by atoms with Gasteiger partial charge in [-0.3, -0.25) is 4.90 Å². The van der Waals surface area contributed by atoms with E-state index in [2.05, 4.69) is 16.3 Å². The fourth-order valence-electron chi connectivity index (χ4n) is 5.84. The molecule has 1 saturated carbocycles. The summed E-state index contributed by atoms with van der Waals surface area (Å²) >= 11 is 0. The lowest BCUT2D eigenvalue weighted by molar-refractivity contribution is -0.0296. The van der Waals surface area contributed by atoms with Gasteiger partial charge < -0.3 is 34.1 Å². The predicted molar refractivity (Wildman–Crippen MR) is 157 cm³/mol. The molecule has 0 bridgehead atoms. The third-order valence-electron chi connectivity index (χ3n) is 8.13. The molecule has 0 amide bonds. The third kappa shape index (κ3) is 9.08. The van der Waals surface area contributed by atoms with Crippen molar-refractivity contribution in [1.29, 1.82) is 0 Å². The Labute approximate surface area is 239 Å². The number of rotatable bonds is 16. The average molecular weight is 557 g/mol.